The third-order valence-electron chi connectivity index (χ3n) is 5.02. The number of nitrogens with one attached hydrogen (secondary N) is 1. The summed E-state index contributed by atoms with van der Waals surface area (Å²) in [6.45, 7) is 4.69. The van der Waals surface area contributed by atoms with Crippen molar-refractivity contribution in [1.82, 2.24) is 10.2 Å². The molecular formula is C18H24ClN3O2. The molecule has 0 radical (unpaired) electrons. The van der Waals surface area contributed by atoms with Crippen LogP contribution >= 0.6 is 11.6 Å². The number of urea groups is 1. The highest BCUT2D eigenvalue weighted by atomic mass is 35.5. The molecule has 3 atom stereocenters. The highest BCUT2D eigenvalue weighted by Gasteiger charge is 2.35. The van der Waals surface area contributed by atoms with Gasteiger partial charge in [0.05, 0.1) is 6.04 Å². The molecule has 2 saturated heterocycles. The van der Waals surface area contributed by atoms with Crippen LogP contribution in [0.15, 0.2) is 24.3 Å². The number of likely N-dealkylation sites (tertiary alicyclic amines) is 1. The van der Waals surface area contributed by atoms with E-state index in [1.54, 1.807) is 17.0 Å². The van der Waals surface area contributed by atoms with Crippen LogP contribution in [0.25, 0.3) is 0 Å². The predicted octanol–water partition coefficient (Wildman–Crippen LogP) is 3.42. The molecule has 0 spiro atoms. The van der Waals surface area contributed by atoms with Crippen LogP contribution in [0, 0.1) is 0 Å². The number of hydrogen-bond donors (Lipinski definition) is 1. The van der Waals surface area contributed by atoms with E-state index in [4.69, 9.17) is 11.6 Å². The maximum atomic E-state index is 12.6. The van der Waals surface area contributed by atoms with Gasteiger partial charge in [0.25, 0.3) is 0 Å². The molecule has 130 valence electrons. The first-order valence-electron chi connectivity index (χ1n) is 8.60. The quantitative estimate of drug-likeness (QED) is 0.889. The van der Waals surface area contributed by atoms with Crippen molar-refractivity contribution in [2.24, 2.45) is 0 Å². The first-order valence-corrected chi connectivity index (χ1v) is 8.98. The summed E-state index contributed by atoms with van der Waals surface area (Å²) in [4.78, 5) is 28.6. The average Bonchev–Trinajstić information content (AvgIpc) is 2.88. The van der Waals surface area contributed by atoms with Gasteiger partial charge in [0.2, 0.25) is 5.91 Å². The number of hydrogen-bond acceptors (Lipinski definition) is 2. The summed E-state index contributed by atoms with van der Waals surface area (Å²) < 4.78 is 0. The molecule has 3 rings (SSSR count). The number of nitrogens with zero attached hydrogens (tertiary/aromatic N) is 2. The van der Waals surface area contributed by atoms with Crippen molar-refractivity contribution in [3.05, 3.63) is 29.3 Å². The number of benzene rings is 1. The standard InChI is InChI=1S/C18H24ClN3O2/c1-12-4-3-5-13(2)22(12)18(24)20-15-10-17(23)21(11-15)16-8-6-14(19)7-9-16/h6-9,12-13,15H,3-5,10-11H2,1-2H3,(H,20,24)/t12-,13+,15-/m1/s1. The molecule has 0 unspecified atom stereocenters. The number of piperidine rings is 1. The maximum absolute atomic E-state index is 12.6. The van der Waals surface area contributed by atoms with Gasteiger partial charge in [-0.25, -0.2) is 4.79 Å². The Morgan fingerprint density at radius 2 is 1.79 bits per heavy atom. The zero-order chi connectivity index (χ0) is 17.3. The lowest BCUT2D eigenvalue weighted by Gasteiger charge is -2.39. The lowest BCUT2D eigenvalue weighted by atomic mass is 9.98. The van der Waals surface area contributed by atoms with Crippen molar-refractivity contribution in [2.45, 2.75) is 57.7 Å². The van der Waals surface area contributed by atoms with Crippen molar-refractivity contribution in [3.8, 4) is 0 Å². The van der Waals surface area contributed by atoms with E-state index < -0.39 is 0 Å². The molecule has 1 N–H and O–H groups in total. The van der Waals surface area contributed by atoms with Gasteiger partial charge in [-0.05, 0) is 57.4 Å². The van der Waals surface area contributed by atoms with Crippen LogP contribution in [0.1, 0.15) is 39.5 Å². The molecule has 3 amide bonds. The van der Waals surface area contributed by atoms with Crippen LogP contribution in [0.2, 0.25) is 5.02 Å². The molecule has 24 heavy (non-hydrogen) atoms. The summed E-state index contributed by atoms with van der Waals surface area (Å²) in [6, 6.07) is 7.50. The van der Waals surface area contributed by atoms with Gasteiger partial charge >= 0.3 is 6.03 Å². The van der Waals surface area contributed by atoms with Crippen molar-refractivity contribution >= 4 is 29.2 Å². The summed E-state index contributed by atoms with van der Waals surface area (Å²) in [6.07, 6.45) is 3.58. The van der Waals surface area contributed by atoms with Crippen LogP contribution < -0.4 is 10.2 Å². The summed E-state index contributed by atoms with van der Waals surface area (Å²) in [5, 5.41) is 3.69. The zero-order valence-electron chi connectivity index (χ0n) is 14.2. The molecule has 2 aliphatic rings. The molecule has 2 heterocycles. The van der Waals surface area contributed by atoms with Gasteiger partial charge in [-0.1, -0.05) is 11.6 Å². The smallest absolute Gasteiger partial charge is 0.318 e. The highest BCUT2D eigenvalue weighted by Crippen LogP contribution is 2.25. The molecule has 1 aromatic rings. The fourth-order valence-electron chi connectivity index (χ4n) is 3.75. The summed E-state index contributed by atoms with van der Waals surface area (Å²) in [7, 11) is 0. The van der Waals surface area contributed by atoms with E-state index in [2.05, 4.69) is 19.2 Å². The largest absolute Gasteiger partial charge is 0.333 e. The van der Waals surface area contributed by atoms with Crippen LogP contribution in [-0.2, 0) is 4.79 Å². The Bertz CT molecular complexity index is 609. The Morgan fingerprint density at radius 3 is 2.42 bits per heavy atom. The minimum absolute atomic E-state index is 0.0300. The van der Waals surface area contributed by atoms with E-state index in [-0.39, 0.29) is 30.1 Å². The predicted molar refractivity (Wildman–Crippen MR) is 95.4 cm³/mol. The third-order valence-corrected chi connectivity index (χ3v) is 5.27. The first-order chi connectivity index (χ1) is 11.5. The SMILES string of the molecule is C[C@@H]1CCC[C@H](C)N1C(=O)N[C@@H]1CC(=O)N(c2ccc(Cl)cc2)C1. The fraction of sp³-hybridized carbons (Fsp3) is 0.556. The number of carbonyl (C=O) groups excluding carboxylic acids is 2. The number of amides is 3. The van der Waals surface area contributed by atoms with E-state index in [1.165, 1.54) is 6.42 Å². The van der Waals surface area contributed by atoms with Crippen LogP contribution in [0.4, 0.5) is 10.5 Å². The Labute approximate surface area is 147 Å². The number of rotatable bonds is 2. The molecule has 5 nitrogen and oxygen atoms in total. The molecule has 0 bridgehead atoms. The minimum atomic E-state index is -0.151. The number of anilines is 1. The number of carbonyl (C=O) groups is 2. The lowest BCUT2D eigenvalue weighted by Crippen LogP contribution is -2.54. The van der Waals surface area contributed by atoms with Crippen LogP contribution in [0.5, 0.6) is 0 Å². The van der Waals surface area contributed by atoms with Crippen molar-refractivity contribution in [3.63, 3.8) is 0 Å². The van der Waals surface area contributed by atoms with Crippen LogP contribution in [-0.4, -0.2) is 41.5 Å². The third kappa shape index (κ3) is 3.51. The molecule has 2 fully saturated rings. The van der Waals surface area contributed by atoms with Gasteiger partial charge < -0.3 is 15.1 Å². The molecule has 1 aromatic carbocycles. The van der Waals surface area contributed by atoms with Gasteiger partial charge in [-0.3, -0.25) is 4.79 Å². The first kappa shape index (κ1) is 17.1. The van der Waals surface area contributed by atoms with Gasteiger partial charge in [-0.2, -0.15) is 0 Å². The van der Waals surface area contributed by atoms with Crippen LogP contribution in [0.3, 0.4) is 0 Å². The second kappa shape index (κ2) is 7.01. The summed E-state index contributed by atoms with van der Waals surface area (Å²) in [5.74, 6) is 0.0300. The normalized spacial score (nSPS) is 27.5. The topological polar surface area (TPSA) is 52.7 Å². The van der Waals surface area contributed by atoms with Gasteiger partial charge in [-0.15, -0.1) is 0 Å². The van der Waals surface area contributed by atoms with Crippen molar-refractivity contribution in [1.29, 1.82) is 0 Å². The van der Waals surface area contributed by atoms with Gasteiger partial charge in [0, 0.05) is 35.8 Å². The lowest BCUT2D eigenvalue weighted by molar-refractivity contribution is -0.117. The fourth-order valence-corrected chi connectivity index (χ4v) is 3.87. The monoisotopic (exact) mass is 349 g/mol. The molecule has 6 heteroatoms. The second-order valence-corrected chi connectivity index (χ2v) is 7.30. The Morgan fingerprint density at radius 1 is 1.17 bits per heavy atom. The molecule has 0 aromatic heterocycles. The highest BCUT2D eigenvalue weighted by molar-refractivity contribution is 6.30. The molecule has 0 saturated carbocycles. The zero-order valence-corrected chi connectivity index (χ0v) is 14.9. The minimum Gasteiger partial charge on any atom is -0.333 e. The van der Waals surface area contributed by atoms with E-state index in [0.717, 1.165) is 18.5 Å². The second-order valence-electron chi connectivity index (χ2n) is 6.87. The Kier molecular flexibility index (Phi) is 4.99. The van der Waals surface area contributed by atoms with E-state index in [1.807, 2.05) is 17.0 Å². The van der Waals surface area contributed by atoms with Crippen molar-refractivity contribution in [2.75, 3.05) is 11.4 Å². The summed E-state index contributed by atoms with van der Waals surface area (Å²) in [5.41, 5.74) is 0.820. The summed E-state index contributed by atoms with van der Waals surface area (Å²) >= 11 is 5.90. The molecule has 0 aliphatic carbocycles. The van der Waals surface area contributed by atoms with E-state index in [0.29, 0.717) is 18.0 Å². The molecule has 2 aliphatic heterocycles. The Balaban J connectivity index is 1.63. The molecular weight excluding hydrogens is 326 g/mol. The van der Waals surface area contributed by atoms with Gasteiger partial charge in [0.1, 0.15) is 0 Å². The van der Waals surface area contributed by atoms with Gasteiger partial charge in [0.15, 0.2) is 0 Å². The van der Waals surface area contributed by atoms with E-state index >= 15 is 0 Å². The van der Waals surface area contributed by atoms with E-state index in [9.17, 15) is 9.59 Å². The maximum Gasteiger partial charge on any atom is 0.318 e. The van der Waals surface area contributed by atoms with Crippen molar-refractivity contribution < 1.29 is 9.59 Å². The Hall–Kier alpha value is -1.75. The number of halogens is 1. The average molecular weight is 350 g/mol.